The summed E-state index contributed by atoms with van der Waals surface area (Å²) in [5, 5.41) is 33.9. The molecule has 53 heavy (non-hydrogen) atoms. The van der Waals surface area contributed by atoms with Crippen LogP contribution in [0.25, 0.3) is 21.9 Å². The van der Waals surface area contributed by atoms with Crippen molar-refractivity contribution in [2.75, 3.05) is 26.2 Å². The van der Waals surface area contributed by atoms with Crippen LogP contribution in [-0.2, 0) is 34.5 Å². The standard InChI is InChI=1S/C42H50N6O5/c49-36-14-11-32(33-12-15-39(51)44-40(33)36)37(50)26-43-25-29-10-13-35-34(24-29)45-46-48(35)20-5-2-7-28-8-6-9-31(23-28)42(18-3-1-4-19-42)41(52)53-38-27-47-21-16-30(38)17-22-47/h6,8-15,23-24,30,37-38,43,49-50H,1-5,7,16-22,25-27H2,(H,44,51)/t37-,38-/m0/s1. The number of fused-ring (bicyclic) bond motifs is 5. The van der Waals surface area contributed by atoms with Crippen LogP contribution in [0.2, 0.25) is 0 Å². The molecule has 2 atom stereocenters. The maximum Gasteiger partial charge on any atom is 0.316 e. The molecule has 4 N–H and O–H groups in total. The molecule has 4 aliphatic rings. The molecular weight excluding hydrogens is 668 g/mol. The zero-order valence-electron chi connectivity index (χ0n) is 30.3. The van der Waals surface area contributed by atoms with Gasteiger partial charge in [-0.05, 0) is 110 Å². The number of pyridine rings is 1. The lowest BCUT2D eigenvalue weighted by Crippen LogP contribution is -2.53. The van der Waals surface area contributed by atoms with Crippen LogP contribution in [0.1, 0.15) is 86.1 Å². The van der Waals surface area contributed by atoms with Gasteiger partial charge in [-0.1, -0.05) is 60.9 Å². The number of aromatic nitrogens is 4. The number of aliphatic hydroxyl groups excluding tert-OH is 1. The quantitative estimate of drug-likeness (QED) is 0.0895. The molecule has 3 saturated heterocycles. The first-order valence-electron chi connectivity index (χ1n) is 19.4. The molecule has 5 aromatic rings. The Bertz CT molecular complexity index is 2130. The van der Waals surface area contributed by atoms with Gasteiger partial charge in [-0.25, -0.2) is 4.68 Å². The minimum Gasteiger partial charge on any atom is -0.506 e. The fourth-order valence-corrected chi connectivity index (χ4v) is 8.98. The third-order valence-electron chi connectivity index (χ3n) is 12.0. The molecule has 5 heterocycles. The molecule has 2 bridgehead atoms. The zero-order valence-corrected chi connectivity index (χ0v) is 30.3. The summed E-state index contributed by atoms with van der Waals surface area (Å²) in [7, 11) is 0. The van der Waals surface area contributed by atoms with Crippen LogP contribution in [0.3, 0.4) is 0 Å². The molecule has 1 aliphatic carbocycles. The van der Waals surface area contributed by atoms with Crippen LogP contribution < -0.4 is 10.9 Å². The van der Waals surface area contributed by atoms with Gasteiger partial charge in [0.05, 0.1) is 22.6 Å². The van der Waals surface area contributed by atoms with E-state index in [1.807, 2.05) is 10.7 Å². The van der Waals surface area contributed by atoms with Gasteiger partial charge < -0.3 is 25.3 Å². The van der Waals surface area contributed by atoms with E-state index < -0.39 is 11.5 Å². The minimum atomic E-state index is -0.833. The van der Waals surface area contributed by atoms with Gasteiger partial charge in [0.1, 0.15) is 17.4 Å². The van der Waals surface area contributed by atoms with E-state index in [2.05, 4.69) is 61.9 Å². The van der Waals surface area contributed by atoms with E-state index in [1.165, 1.54) is 24.1 Å². The van der Waals surface area contributed by atoms with Gasteiger partial charge in [0.2, 0.25) is 5.56 Å². The molecule has 0 unspecified atom stereocenters. The van der Waals surface area contributed by atoms with Crippen molar-refractivity contribution in [1.82, 2.24) is 30.2 Å². The highest BCUT2D eigenvalue weighted by molar-refractivity contribution is 5.87. The maximum atomic E-state index is 14.0. The number of carbonyl (C=O) groups is 1. The van der Waals surface area contributed by atoms with Gasteiger partial charge in [0.15, 0.2) is 0 Å². The van der Waals surface area contributed by atoms with Crippen molar-refractivity contribution >= 4 is 27.9 Å². The molecule has 3 aliphatic heterocycles. The van der Waals surface area contributed by atoms with Crippen molar-refractivity contribution in [2.24, 2.45) is 5.92 Å². The monoisotopic (exact) mass is 718 g/mol. The average Bonchev–Trinajstić information content (AvgIpc) is 3.59. The summed E-state index contributed by atoms with van der Waals surface area (Å²) in [4.78, 5) is 30.8. The fourth-order valence-electron chi connectivity index (χ4n) is 8.98. The number of aromatic hydroxyl groups is 1. The number of aryl methyl sites for hydroxylation is 2. The summed E-state index contributed by atoms with van der Waals surface area (Å²) in [6.45, 7) is 4.76. The predicted molar refractivity (Wildman–Crippen MR) is 204 cm³/mol. The van der Waals surface area contributed by atoms with Gasteiger partial charge in [0.25, 0.3) is 0 Å². The number of nitrogens with zero attached hydrogens (tertiary/aromatic N) is 4. The number of esters is 1. The number of hydrogen-bond donors (Lipinski definition) is 4. The van der Waals surface area contributed by atoms with Gasteiger partial charge in [-0.3, -0.25) is 14.5 Å². The molecule has 278 valence electrons. The Morgan fingerprint density at radius 1 is 1.00 bits per heavy atom. The second-order valence-corrected chi connectivity index (χ2v) is 15.4. The number of aromatic amines is 1. The first-order valence-corrected chi connectivity index (χ1v) is 19.4. The molecular formula is C42H50N6O5. The van der Waals surface area contributed by atoms with Crippen LogP contribution in [-0.4, -0.2) is 73.3 Å². The summed E-state index contributed by atoms with van der Waals surface area (Å²) in [5.41, 5.74) is 5.34. The number of hydrogen-bond acceptors (Lipinski definition) is 9. The molecule has 1 saturated carbocycles. The number of ether oxygens (including phenoxy) is 1. The summed E-state index contributed by atoms with van der Waals surface area (Å²) < 4.78 is 8.35. The van der Waals surface area contributed by atoms with E-state index in [4.69, 9.17) is 4.74 Å². The predicted octanol–water partition coefficient (Wildman–Crippen LogP) is 5.66. The van der Waals surface area contributed by atoms with E-state index in [0.717, 1.165) is 106 Å². The number of phenolic OH excluding ortho intramolecular Hbond substituents is 1. The second kappa shape index (κ2) is 15.4. The first-order chi connectivity index (χ1) is 25.9. The molecule has 0 radical (unpaired) electrons. The van der Waals surface area contributed by atoms with Crippen molar-refractivity contribution in [3.63, 3.8) is 0 Å². The molecule has 0 spiro atoms. The highest BCUT2D eigenvalue weighted by atomic mass is 16.5. The Morgan fingerprint density at radius 2 is 1.85 bits per heavy atom. The SMILES string of the molecule is O=C(O[C@H]1CN2CCC1CC2)C1(c2cccc(CCCCn3nnc4cc(CNC[C@H](O)c5ccc(O)c6[nH]c(=O)ccc56)ccc43)c2)CCCCC1. The number of rotatable bonds is 13. The van der Waals surface area contributed by atoms with Crippen molar-refractivity contribution < 1.29 is 19.7 Å². The van der Waals surface area contributed by atoms with Crippen molar-refractivity contribution in [1.29, 1.82) is 0 Å². The zero-order chi connectivity index (χ0) is 36.4. The van der Waals surface area contributed by atoms with Crippen LogP contribution in [0, 0.1) is 5.92 Å². The van der Waals surface area contributed by atoms with E-state index in [1.54, 1.807) is 12.1 Å². The van der Waals surface area contributed by atoms with Crippen molar-refractivity contribution in [2.45, 2.75) is 94.9 Å². The number of nitrogens with one attached hydrogen (secondary N) is 2. The molecule has 9 rings (SSSR count). The van der Waals surface area contributed by atoms with Crippen molar-refractivity contribution in [3.8, 4) is 5.75 Å². The second-order valence-electron chi connectivity index (χ2n) is 15.4. The summed E-state index contributed by atoms with van der Waals surface area (Å²) in [6.07, 6.45) is 9.43. The Morgan fingerprint density at radius 3 is 2.66 bits per heavy atom. The maximum absolute atomic E-state index is 14.0. The highest BCUT2D eigenvalue weighted by Gasteiger charge is 2.46. The molecule has 0 amide bonds. The van der Waals surface area contributed by atoms with Gasteiger partial charge in [-0.15, -0.1) is 5.10 Å². The number of piperidine rings is 3. The fraction of sp³-hybridized carbons (Fsp3) is 0.476. The summed E-state index contributed by atoms with van der Waals surface area (Å²) in [5.74, 6) is 0.485. The number of phenols is 1. The molecule has 2 aromatic heterocycles. The van der Waals surface area contributed by atoms with E-state index in [0.29, 0.717) is 28.9 Å². The smallest absolute Gasteiger partial charge is 0.316 e. The Balaban J connectivity index is 0.845. The summed E-state index contributed by atoms with van der Waals surface area (Å²) in [6, 6.07) is 21.0. The van der Waals surface area contributed by atoms with Gasteiger partial charge in [-0.2, -0.15) is 0 Å². The van der Waals surface area contributed by atoms with Gasteiger partial charge >= 0.3 is 5.97 Å². The van der Waals surface area contributed by atoms with Gasteiger partial charge in [0, 0.05) is 37.6 Å². The Kier molecular flexibility index (Phi) is 10.3. The normalized spacial score (nSPS) is 21.6. The van der Waals surface area contributed by atoms with Crippen LogP contribution in [0.4, 0.5) is 0 Å². The molecule has 3 aromatic carbocycles. The highest BCUT2D eigenvalue weighted by Crippen LogP contribution is 2.42. The third-order valence-corrected chi connectivity index (χ3v) is 12.0. The lowest BCUT2D eigenvalue weighted by molar-refractivity contribution is -0.167. The number of aliphatic hydroxyl groups is 1. The summed E-state index contributed by atoms with van der Waals surface area (Å²) >= 11 is 0. The van der Waals surface area contributed by atoms with E-state index in [-0.39, 0.29) is 29.9 Å². The topological polar surface area (TPSA) is 146 Å². The van der Waals surface area contributed by atoms with E-state index in [9.17, 15) is 19.8 Å². The molecule has 11 heteroatoms. The van der Waals surface area contributed by atoms with Crippen molar-refractivity contribution in [3.05, 3.63) is 99.3 Å². The molecule has 11 nitrogen and oxygen atoms in total. The minimum absolute atomic E-state index is 0.00469. The van der Waals surface area contributed by atoms with Crippen LogP contribution in [0.5, 0.6) is 5.75 Å². The largest absolute Gasteiger partial charge is 0.506 e. The average molecular weight is 719 g/mol. The Labute approximate surface area is 309 Å². The third kappa shape index (κ3) is 7.47. The number of H-pyrrole nitrogens is 1. The lowest BCUT2D eigenvalue weighted by atomic mass is 9.69. The number of carbonyl (C=O) groups excluding carboxylic acids is 1. The Hall–Kier alpha value is -4.58. The number of benzene rings is 3. The van der Waals surface area contributed by atoms with Crippen LogP contribution in [0.15, 0.2) is 71.5 Å². The lowest BCUT2D eigenvalue weighted by Gasteiger charge is -2.45. The molecule has 4 fully saturated rings. The first kappa shape index (κ1) is 35.4. The van der Waals surface area contributed by atoms with E-state index >= 15 is 0 Å². The number of unbranched alkanes of at least 4 members (excludes halogenated alkanes) is 1. The van der Waals surface area contributed by atoms with Crippen LogP contribution >= 0.6 is 0 Å².